The van der Waals surface area contributed by atoms with Crippen LogP contribution in [0.5, 0.6) is 0 Å². The van der Waals surface area contributed by atoms with Gasteiger partial charge in [-0.25, -0.2) is 4.98 Å². The van der Waals surface area contributed by atoms with Crippen LogP contribution in [0.1, 0.15) is 37.0 Å². The Morgan fingerprint density at radius 3 is 2.47 bits per heavy atom. The fraction of sp³-hybridized carbons (Fsp3) is 0.292. The Morgan fingerprint density at radius 2 is 1.78 bits per heavy atom. The molecule has 0 spiro atoms. The van der Waals surface area contributed by atoms with E-state index in [1.54, 1.807) is 6.07 Å². The Bertz CT molecular complexity index is 1080. The first kappa shape index (κ1) is 21.9. The first-order valence-corrected chi connectivity index (χ1v) is 11.3. The third-order valence-corrected chi connectivity index (χ3v) is 5.61. The van der Waals surface area contributed by atoms with Crippen molar-refractivity contribution in [3.8, 4) is 0 Å². The normalized spacial score (nSPS) is 12.8. The Labute approximate surface area is 193 Å². The molecule has 0 aliphatic heterocycles. The van der Waals surface area contributed by atoms with Crippen molar-refractivity contribution in [2.75, 3.05) is 28.6 Å². The standard InChI is InChI=1S/C24H27ClN6O/c1-3-31(4-2)18-13-11-17(12-14-18)28-24-26-15-20(25)22(30-24)29-21-8-6-5-7-19(21)23(32)27-16-9-10-16/h5-8,11-16H,3-4,9-10H2,1-2H3,(H,27,32)(H2,26,28,29,30). The molecule has 166 valence electrons. The Hall–Kier alpha value is -3.32. The Balaban J connectivity index is 1.51. The summed E-state index contributed by atoms with van der Waals surface area (Å²) in [4.78, 5) is 23.7. The van der Waals surface area contributed by atoms with Gasteiger partial charge in [0, 0.05) is 30.5 Å². The van der Waals surface area contributed by atoms with Gasteiger partial charge in [0.2, 0.25) is 5.95 Å². The molecule has 0 atom stereocenters. The zero-order valence-corrected chi connectivity index (χ0v) is 19.0. The van der Waals surface area contributed by atoms with E-state index in [0.29, 0.717) is 28.0 Å². The molecule has 0 unspecified atom stereocenters. The van der Waals surface area contributed by atoms with Gasteiger partial charge in [-0.2, -0.15) is 4.98 Å². The van der Waals surface area contributed by atoms with Crippen LogP contribution in [0.2, 0.25) is 5.02 Å². The summed E-state index contributed by atoms with van der Waals surface area (Å²) in [5.41, 5.74) is 3.23. The molecule has 1 aromatic heterocycles. The average molecular weight is 451 g/mol. The maximum atomic E-state index is 12.6. The Morgan fingerprint density at radius 1 is 1.06 bits per heavy atom. The molecule has 32 heavy (non-hydrogen) atoms. The van der Waals surface area contributed by atoms with Crippen molar-refractivity contribution in [2.24, 2.45) is 0 Å². The van der Waals surface area contributed by atoms with Crippen LogP contribution < -0.4 is 20.9 Å². The second kappa shape index (κ2) is 9.87. The van der Waals surface area contributed by atoms with E-state index in [0.717, 1.165) is 31.6 Å². The molecule has 1 aliphatic carbocycles. The van der Waals surface area contributed by atoms with Crippen molar-refractivity contribution < 1.29 is 4.79 Å². The van der Waals surface area contributed by atoms with Crippen LogP contribution in [0, 0.1) is 0 Å². The summed E-state index contributed by atoms with van der Waals surface area (Å²) in [6, 6.07) is 15.7. The predicted molar refractivity (Wildman–Crippen MR) is 131 cm³/mol. The Kier molecular flexibility index (Phi) is 6.75. The molecular formula is C24H27ClN6O. The van der Waals surface area contributed by atoms with Crippen LogP contribution in [-0.2, 0) is 0 Å². The first-order chi connectivity index (χ1) is 15.6. The number of halogens is 1. The second-order valence-corrected chi connectivity index (χ2v) is 8.06. The van der Waals surface area contributed by atoms with Crippen LogP contribution in [0.15, 0.2) is 54.7 Å². The molecule has 4 rings (SSSR count). The molecule has 0 saturated heterocycles. The van der Waals surface area contributed by atoms with Gasteiger partial charge in [0.05, 0.1) is 17.4 Å². The van der Waals surface area contributed by atoms with Crippen molar-refractivity contribution in [1.29, 1.82) is 0 Å². The number of rotatable bonds is 9. The lowest BCUT2D eigenvalue weighted by Crippen LogP contribution is -2.26. The molecule has 3 N–H and O–H groups in total. The van der Waals surface area contributed by atoms with E-state index in [-0.39, 0.29) is 11.9 Å². The average Bonchev–Trinajstić information content (AvgIpc) is 3.62. The van der Waals surface area contributed by atoms with E-state index in [1.165, 1.54) is 11.9 Å². The maximum absolute atomic E-state index is 12.6. The summed E-state index contributed by atoms with van der Waals surface area (Å²) in [5.74, 6) is 0.732. The van der Waals surface area contributed by atoms with Crippen LogP contribution in [0.3, 0.4) is 0 Å². The van der Waals surface area contributed by atoms with Crippen molar-refractivity contribution >= 4 is 46.3 Å². The minimum Gasteiger partial charge on any atom is -0.372 e. The molecule has 0 radical (unpaired) electrons. The number of hydrogen-bond donors (Lipinski definition) is 3. The molecule has 3 aromatic rings. The molecule has 1 heterocycles. The van der Waals surface area contributed by atoms with Crippen molar-refractivity contribution in [1.82, 2.24) is 15.3 Å². The van der Waals surface area contributed by atoms with E-state index in [4.69, 9.17) is 11.6 Å². The number of nitrogens with one attached hydrogen (secondary N) is 3. The summed E-state index contributed by atoms with van der Waals surface area (Å²) in [5, 5.41) is 9.78. The predicted octanol–water partition coefficient (Wildman–Crippen LogP) is 5.36. The highest BCUT2D eigenvalue weighted by molar-refractivity contribution is 6.33. The van der Waals surface area contributed by atoms with E-state index in [9.17, 15) is 4.79 Å². The van der Waals surface area contributed by atoms with E-state index < -0.39 is 0 Å². The number of amides is 1. The monoisotopic (exact) mass is 450 g/mol. The molecule has 0 bridgehead atoms. The van der Waals surface area contributed by atoms with Gasteiger partial charge in [0.1, 0.15) is 5.02 Å². The fourth-order valence-corrected chi connectivity index (χ4v) is 3.54. The molecule has 1 amide bonds. The third kappa shape index (κ3) is 5.29. The second-order valence-electron chi connectivity index (χ2n) is 7.65. The zero-order valence-electron chi connectivity index (χ0n) is 18.2. The quantitative estimate of drug-likeness (QED) is 0.407. The summed E-state index contributed by atoms with van der Waals surface area (Å²) < 4.78 is 0. The van der Waals surface area contributed by atoms with Gasteiger partial charge >= 0.3 is 0 Å². The fourth-order valence-electron chi connectivity index (χ4n) is 3.40. The molecule has 1 fully saturated rings. The first-order valence-electron chi connectivity index (χ1n) is 10.9. The topological polar surface area (TPSA) is 82.2 Å². The van der Waals surface area contributed by atoms with Crippen molar-refractivity contribution in [3.05, 3.63) is 65.3 Å². The minimum atomic E-state index is -0.104. The number of hydrogen-bond acceptors (Lipinski definition) is 6. The van der Waals surface area contributed by atoms with Gasteiger partial charge in [-0.15, -0.1) is 0 Å². The molecule has 7 nitrogen and oxygen atoms in total. The smallest absolute Gasteiger partial charge is 0.253 e. The molecule has 8 heteroatoms. The summed E-state index contributed by atoms with van der Waals surface area (Å²) in [6.07, 6.45) is 3.60. The SMILES string of the molecule is CCN(CC)c1ccc(Nc2ncc(Cl)c(Nc3ccccc3C(=O)NC3CC3)n2)cc1. The lowest BCUT2D eigenvalue weighted by atomic mass is 10.1. The van der Waals surface area contributed by atoms with Gasteiger partial charge in [-0.1, -0.05) is 23.7 Å². The van der Waals surface area contributed by atoms with Gasteiger partial charge in [0.25, 0.3) is 5.91 Å². The van der Waals surface area contributed by atoms with Gasteiger partial charge in [-0.3, -0.25) is 4.79 Å². The highest BCUT2D eigenvalue weighted by atomic mass is 35.5. The number of carbonyl (C=O) groups excluding carboxylic acids is 1. The third-order valence-electron chi connectivity index (χ3n) is 5.33. The van der Waals surface area contributed by atoms with Gasteiger partial charge < -0.3 is 20.9 Å². The minimum absolute atomic E-state index is 0.104. The van der Waals surface area contributed by atoms with Gasteiger partial charge in [-0.05, 0) is 63.1 Å². The molecular weight excluding hydrogens is 424 g/mol. The van der Waals surface area contributed by atoms with Gasteiger partial charge in [0.15, 0.2) is 5.82 Å². The summed E-state index contributed by atoms with van der Waals surface area (Å²) in [7, 11) is 0. The number of carbonyl (C=O) groups is 1. The summed E-state index contributed by atoms with van der Waals surface area (Å²) >= 11 is 6.34. The maximum Gasteiger partial charge on any atom is 0.253 e. The number of aromatic nitrogens is 2. The number of benzene rings is 2. The van der Waals surface area contributed by atoms with E-state index in [1.807, 2.05) is 30.3 Å². The number of nitrogens with zero attached hydrogens (tertiary/aromatic N) is 3. The molecule has 1 saturated carbocycles. The largest absolute Gasteiger partial charge is 0.372 e. The number of para-hydroxylation sites is 1. The van der Waals surface area contributed by atoms with Crippen molar-refractivity contribution in [2.45, 2.75) is 32.7 Å². The van der Waals surface area contributed by atoms with Crippen LogP contribution >= 0.6 is 11.6 Å². The number of anilines is 5. The van der Waals surface area contributed by atoms with Crippen LogP contribution in [0.25, 0.3) is 0 Å². The van der Waals surface area contributed by atoms with Crippen LogP contribution in [-0.4, -0.2) is 35.0 Å². The molecule has 1 aliphatic rings. The van der Waals surface area contributed by atoms with Crippen molar-refractivity contribution in [3.63, 3.8) is 0 Å². The lowest BCUT2D eigenvalue weighted by Gasteiger charge is -2.21. The highest BCUT2D eigenvalue weighted by Crippen LogP contribution is 2.28. The van der Waals surface area contributed by atoms with E-state index in [2.05, 4.69) is 56.8 Å². The highest BCUT2D eigenvalue weighted by Gasteiger charge is 2.25. The van der Waals surface area contributed by atoms with E-state index >= 15 is 0 Å². The molecule has 2 aromatic carbocycles. The lowest BCUT2D eigenvalue weighted by molar-refractivity contribution is 0.0952. The summed E-state index contributed by atoms with van der Waals surface area (Å²) in [6.45, 7) is 6.19. The van der Waals surface area contributed by atoms with Crippen LogP contribution in [0.4, 0.5) is 28.8 Å². The zero-order chi connectivity index (χ0) is 22.5.